The molecule has 1 saturated heterocycles. The van der Waals surface area contributed by atoms with E-state index in [4.69, 9.17) is 17.3 Å². The summed E-state index contributed by atoms with van der Waals surface area (Å²) in [6.45, 7) is 5.49. The smallest absolute Gasteiger partial charge is 0.271 e. The van der Waals surface area contributed by atoms with E-state index in [0.29, 0.717) is 36.8 Å². The summed E-state index contributed by atoms with van der Waals surface area (Å²) in [5.74, 6) is -0.216. The molecule has 2 atom stereocenters. The fourth-order valence-corrected chi connectivity index (χ4v) is 3.97. The molecule has 26 heavy (non-hydrogen) atoms. The summed E-state index contributed by atoms with van der Waals surface area (Å²) in [4.78, 5) is 29.5. The first-order valence-corrected chi connectivity index (χ1v) is 9.36. The summed E-state index contributed by atoms with van der Waals surface area (Å²) in [5, 5.41) is 1.43. The average molecular weight is 377 g/mol. The number of rotatable bonds is 4. The number of carbonyl (C=O) groups is 2. The van der Waals surface area contributed by atoms with Gasteiger partial charge in [0.15, 0.2) is 0 Å². The van der Waals surface area contributed by atoms with Gasteiger partial charge in [-0.1, -0.05) is 17.7 Å². The molecule has 2 aromatic rings. The minimum absolute atomic E-state index is 0.0342. The van der Waals surface area contributed by atoms with E-state index in [-0.39, 0.29) is 17.9 Å². The number of carbonyl (C=O) groups excluding carboxylic acids is 2. The molecule has 6 nitrogen and oxygen atoms in total. The number of nitrogens with two attached hydrogens (primary N) is 1. The Bertz CT molecular complexity index is 843. The van der Waals surface area contributed by atoms with Gasteiger partial charge in [-0.2, -0.15) is 0 Å². The second-order valence-corrected chi connectivity index (χ2v) is 7.15. The molecule has 3 rings (SSSR count). The molecule has 7 heteroatoms. The summed E-state index contributed by atoms with van der Waals surface area (Å²) >= 11 is 6.27. The highest BCUT2D eigenvalue weighted by molar-refractivity contribution is 6.35. The summed E-state index contributed by atoms with van der Waals surface area (Å²) in [6, 6.07) is 6.68. The fraction of sp³-hybridized carbons (Fsp3) is 0.474. The normalized spacial score (nSPS) is 20.0. The number of aryl methyl sites for hydroxylation is 1. The molecule has 2 N–H and O–H groups in total. The van der Waals surface area contributed by atoms with Crippen LogP contribution >= 0.6 is 11.6 Å². The van der Waals surface area contributed by atoms with Gasteiger partial charge >= 0.3 is 0 Å². The number of aromatic nitrogens is 1. The SMILES string of the molecule is CCN(CC)C(=O)[C@@H]1C[C@@H](N)CN1C(=O)c1cc2c(Cl)cccc2n1C. The highest BCUT2D eigenvalue weighted by Gasteiger charge is 2.40. The van der Waals surface area contributed by atoms with Crippen LogP contribution in [0.4, 0.5) is 0 Å². The van der Waals surface area contributed by atoms with Gasteiger partial charge < -0.3 is 20.1 Å². The van der Waals surface area contributed by atoms with Crippen molar-refractivity contribution in [3.8, 4) is 0 Å². The Morgan fingerprint density at radius 2 is 2.00 bits per heavy atom. The Morgan fingerprint density at radius 3 is 2.62 bits per heavy atom. The molecule has 140 valence electrons. The van der Waals surface area contributed by atoms with Crippen LogP contribution in [0.15, 0.2) is 24.3 Å². The van der Waals surface area contributed by atoms with Gasteiger partial charge in [0.25, 0.3) is 5.91 Å². The summed E-state index contributed by atoms with van der Waals surface area (Å²) in [7, 11) is 1.84. The topological polar surface area (TPSA) is 71.6 Å². The molecule has 2 amide bonds. The van der Waals surface area contributed by atoms with E-state index in [9.17, 15) is 9.59 Å². The Morgan fingerprint density at radius 1 is 1.31 bits per heavy atom. The van der Waals surface area contributed by atoms with Crippen LogP contribution in [0, 0.1) is 0 Å². The summed E-state index contributed by atoms with van der Waals surface area (Å²) in [5.41, 5.74) is 7.50. The van der Waals surface area contributed by atoms with E-state index in [1.54, 1.807) is 21.9 Å². The van der Waals surface area contributed by atoms with Gasteiger partial charge in [0, 0.05) is 48.6 Å². The minimum Gasteiger partial charge on any atom is -0.341 e. The molecule has 0 saturated carbocycles. The number of hydrogen-bond acceptors (Lipinski definition) is 3. The lowest BCUT2D eigenvalue weighted by Gasteiger charge is -2.29. The molecule has 0 aliphatic carbocycles. The number of nitrogens with zero attached hydrogens (tertiary/aromatic N) is 3. The first-order chi connectivity index (χ1) is 12.4. The predicted octanol–water partition coefficient (Wildman–Crippen LogP) is 2.24. The van der Waals surface area contributed by atoms with Crippen molar-refractivity contribution >= 4 is 34.3 Å². The zero-order valence-electron chi connectivity index (χ0n) is 15.4. The van der Waals surface area contributed by atoms with Crippen LogP contribution in [0.1, 0.15) is 30.8 Å². The van der Waals surface area contributed by atoms with E-state index in [2.05, 4.69) is 0 Å². The molecule has 1 fully saturated rings. The molecule has 0 unspecified atom stereocenters. The molecule has 1 aliphatic heterocycles. The van der Waals surface area contributed by atoms with Crippen LogP contribution in [0.5, 0.6) is 0 Å². The van der Waals surface area contributed by atoms with Crippen LogP contribution < -0.4 is 5.73 Å². The van der Waals surface area contributed by atoms with Gasteiger partial charge in [-0.15, -0.1) is 0 Å². The number of hydrogen-bond donors (Lipinski definition) is 1. The predicted molar refractivity (Wildman–Crippen MR) is 103 cm³/mol. The van der Waals surface area contributed by atoms with Gasteiger partial charge in [-0.05, 0) is 38.5 Å². The van der Waals surface area contributed by atoms with Crippen LogP contribution in [0.25, 0.3) is 10.9 Å². The zero-order chi connectivity index (χ0) is 19.0. The molecule has 1 aromatic carbocycles. The number of fused-ring (bicyclic) bond motifs is 1. The molecule has 0 spiro atoms. The van der Waals surface area contributed by atoms with Crippen molar-refractivity contribution in [2.75, 3.05) is 19.6 Å². The highest BCUT2D eigenvalue weighted by Crippen LogP contribution is 2.28. The van der Waals surface area contributed by atoms with Gasteiger partial charge in [-0.3, -0.25) is 9.59 Å². The second-order valence-electron chi connectivity index (χ2n) is 6.74. The van der Waals surface area contributed by atoms with Gasteiger partial charge in [-0.25, -0.2) is 0 Å². The second kappa shape index (κ2) is 7.29. The maximum absolute atomic E-state index is 13.2. The molecule has 0 bridgehead atoms. The van der Waals surface area contributed by atoms with Gasteiger partial charge in [0.05, 0.1) is 0 Å². The lowest BCUT2D eigenvalue weighted by Crippen LogP contribution is -2.48. The molecule has 1 aliphatic rings. The van der Waals surface area contributed by atoms with Crippen molar-refractivity contribution in [3.05, 3.63) is 35.0 Å². The summed E-state index contributed by atoms with van der Waals surface area (Å²) < 4.78 is 1.83. The third-order valence-electron chi connectivity index (χ3n) is 5.21. The van der Waals surface area contributed by atoms with E-state index >= 15 is 0 Å². The minimum atomic E-state index is -0.508. The average Bonchev–Trinajstić information content (AvgIpc) is 3.17. The van der Waals surface area contributed by atoms with Gasteiger partial charge in [0.1, 0.15) is 11.7 Å². The number of halogens is 1. The van der Waals surface area contributed by atoms with E-state index in [1.165, 1.54) is 0 Å². The lowest BCUT2D eigenvalue weighted by atomic mass is 10.1. The van der Waals surface area contributed by atoms with Crippen molar-refractivity contribution in [1.29, 1.82) is 0 Å². The number of likely N-dealkylation sites (tertiary alicyclic amines) is 1. The van der Waals surface area contributed by atoms with Crippen molar-refractivity contribution in [2.24, 2.45) is 12.8 Å². The van der Waals surface area contributed by atoms with Crippen LogP contribution in [-0.2, 0) is 11.8 Å². The Kier molecular flexibility index (Phi) is 5.25. The van der Waals surface area contributed by atoms with Crippen molar-refractivity contribution in [2.45, 2.75) is 32.4 Å². The Balaban J connectivity index is 1.96. The number of amides is 2. The van der Waals surface area contributed by atoms with E-state index in [0.717, 1.165) is 10.9 Å². The van der Waals surface area contributed by atoms with E-state index < -0.39 is 6.04 Å². The van der Waals surface area contributed by atoms with Crippen molar-refractivity contribution < 1.29 is 9.59 Å². The Labute approximate surface area is 158 Å². The van der Waals surface area contributed by atoms with Crippen LogP contribution in [0.3, 0.4) is 0 Å². The number of likely N-dealkylation sites (N-methyl/N-ethyl adjacent to an activating group) is 1. The molecule has 1 aromatic heterocycles. The quantitative estimate of drug-likeness (QED) is 0.889. The lowest BCUT2D eigenvalue weighted by molar-refractivity contribution is -0.134. The molecule has 0 radical (unpaired) electrons. The Hall–Kier alpha value is -2.05. The monoisotopic (exact) mass is 376 g/mol. The largest absolute Gasteiger partial charge is 0.341 e. The zero-order valence-corrected chi connectivity index (χ0v) is 16.2. The third-order valence-corrected chi connectivity index (χ3v) is 5.54. The van der Waals surface area contributed by atoms with Crippen molar-refractivity contribution in [1.82, 2.24) is 14.4 Å². The molecular weight excluding hydrogens is 352 g/mol. The third kappa shape index (κ3) is 3.08. The highest BCUT2D eigenvalue weighted by atomic mass is 35.5. The number of benzene rings is 1. The summed E-state index contributed by atoms with van der Waals surface area (Å²) in [6.07, 6.45) is 0.492. The maximum atomic E-state index is 13.2. The molecular formula is C19H25ClN4O2. The molecule has 2 heterocycles. The standard InChI is InChI=1S/C19H25ClN4O2/c1-4-23(5-2)18(25)17-9-12(21)11-24(17)19(26)16-10-13-14(20)7-6-8-15(13)22(16)3/h6-8,10,12,17H,4-5,9,11,21H2,1-3H3/t12-,17+/m1/s1. The van der Waals surface area contributed by atoms with Crippen molar-refractivity contribution in [3.63, 3.8) is 0 Å². The van der Waals surface area contributed by atoms with Crippen LogP contribution in [0.2, 0.25) is 5.02 Å². The fourth-order valence-electron chi connectivity index (χ4n) is 3.75. The first-order valence-electron chi connectivity index (χ1n) is 8.98. The van der Waals surface area contributed by atoms with E-state index in [1.807, 2.05) is 37.6 Å². The maximum Gasteiger partial charge on any atom is 0.271 e. The first kappa shape index (κ1) is 18.7. The van der Waals surface area contributed by atoms with Gasteiger partial charge in [0.2, 0.25) is 5.91 Å². The van der Waals surface area contributed by atoms with Crippen LogP contribution in [-0.4, -0.2) is 57.9 Å².